The van der Waals surface area contributed by atoms with Crippen LogP contribution in [0.2, 0.25) is 0 Å². The molecular formula is C18H27N3O4. The number of piperidine rings is 1. The minimum absolute atomic E-state index is 0.0510. The lowest BCUT2D eigenvalue weighted by atomic mass is 10.1. The number of amides is 1. The van der Waals surface area contributed by atoms with E-state index in [0.29, 0.717) is 25.3 Å². The van der Waals surface area contributed by atoms with Gasteiger partial charge in [0, 0.05) is 44.5 Å². The van der Waals surface area contributed by atoms with Crippen molar-refractivity contribution >= 4 is 11.6 Å². The fraction of sp³-hybridized carbons (Fsp3) is 0.611. The molecule has 2 rings (SSSR count). The molecule has 25 heavy (non-hydrogen) atoms. The van der Waals surface area contributed by atoms with Crippen LogP contribution in [-0.4, -0.2) is 41.5 Å². The van der Waals surface area contributed by atoms with Crippen LogP contribution < -0.4 is 10.5 Å². The van der Waals surface area contributed by atoms with Gasteiger partial charge < -0.3 is 15.4 Å². The average molecular weight is 349 g/mol. The highest BCUT2D eigenvalue weighted by Crippen LogP contribution is 2.22. The molecule has 1 saturated heterocycles. The van der Waals surface area contributed by atoms with E-state index >= 15 is 0 Å². The maximum Gasteiger partial charge on any atom is 0.269 e. The Hall–Kier alpha value is -2.15. The normalized spacial score (nSPS) is 15.2. The summed E-state index contributed by atoms with van der Waals surface area (Å²) in [5.74, 6) is 0.858. The Bertz CT molecular complexity index is 554. The van der Waals surface area contributed by atoms with Gasteiger partial charge in [-0.05, 0) is 31.5 Å². The molecule has 0 spiro atoms. The van der Waals surface area contributed by atoms with E-state index in [-0.39, 0.29) is 17.7 Å². The van der Waals surface area contributed by atoms with Gasteiger partial charge in [-0.25, -0.2) is 0 Å². The number of hydrogen-bond acceptors (Lipinski definition) is 5. The lowest BCUT2D eigenvalue weighted by Gasteiger charge is -2.32. The molecule has 1 fully saturated rings. The standard InChI is InChI=1S/C18H27N3O4/c19-12-4-2-1-3-5-18(22)20-13-10-17(11-14-20)25-16-8-6-15(7-9-16)21(23)24/h6-9,17H,1-5,10-14,19H2. The number of benzene rings is 1. The largest absolute Gasteiger partial charge is 0.490 e. The van der Waals surface area contributed by atoms with Gasteiger partial charge in [0.05, 0.1) is 4.92 Å². The number of nitrogens with zero attached hydrogens (tertiary/aromatic N) is 2. The van der Waals surface area contributed by atoms with Gasteiger partial charge in [-0.1, -0.05) is 12.8 Å². The van der Waals surface area contributed by atoms with Crippen LogP contribution in [0.4, 0.5) is 5.69 Å². The molecule has 1 aliphatic rings. The van der Waals surface area contributed by atoms with Gasteiger partial charge in [-0.3, -0.25) is 14.9 Å². The Balaban J connectivity index is 1.68. The van der Waals surface area contributed by atoms with Crippen molar-refractivity contribution < 1.29 is 14.5 Å². The first-order chi connectivity index (χ1) is 12.1. The molecule has 0 atom stereocenters. The second-order valence-electron chi connectivity index (χ2n) is 6.40. The molecule has 1 amide bonds. The Morgan fingerprint density at radius 3 is 2.40 bits per heavy atom. The predicted molar refractivity (Wildman–Crippen MR) is 95.5 cm³/mol. The number of nitrogens with two attached hydrogens (primary N) is 1. The van der Waals surface area contributed by atoms with E-state index in [1.165, 1.54) is 12.1 Å². The van der Waals surface area contributed by atoms with E-state index in [9.17, 15) is 14.9 Å². The first-order valence-corrected chi connectivity index (χ1v) is 8.99. The van der Waals surface area contributed by atoms with Crippen molar-refractivity contribution in [2.24, 2.45) is 5.73 Å². The summed E-state index contributed by atoms with van der Waals surface area (Å²) in [4.78, 5) is 24.3. The van der Waals surface area contributed by atoms with E-state index in [2.05, 4.69) is 0 Å². The molecule has 2 N–H and O–H groups in total. The number of nitro benzene ring substituents is 1. The third-order valence-electron chi connectivity index (χ3n) is 4.49. The van der Waals surface area contributed by atoms with Gasteiger partial charge in [0.1, 0.15) is 11.9 Å². The molecular weight excluding hydrogens is 322 g/mol. The molecule has 138 valence electrons. The van der Waals surface area contributed by atoms with E-state index < -0.39 is 4.92 Å². The number of hydrogen-bond donors (Lipinski definition) is 1. The number of non-ortho nitro benzene ring substituents is 1. The molecule has 0 saturated carbocycles. The lowest BCUT2D eigenvalue weighted by Crippen LogP contribution is -2.41. The van der Waals surface area contributed by atoms with Gasteiger partial charge in [-0.2, -0.15) is 0 Å². The van der Waals surface area contributed by atoms with Crippen molar-refractivity contribution in [3.05, 3.63) is 34.4 Å². The summed E-state index contributed by atoms with van der Waals surface area (Å²) in [6.07, 6.45) is 6.34. The molecule has 0 radical (unpaired) electrons. The highest BCUT2D eigenvalue weighted by Gasteiger charge is 2.23. The van der Waals surface area contributed by atoms with Gasteiger partial charge in [0.25, 0.3) is 5.69 Å². The third kappa shape index (κ3) is 6.34. The fourth-order valence-electron chi connectivity index (χ4n) is 2.99. The molecule has 0 aliphatic carbocycles. The van der Waals surface area contributed by atoms with Crippen LogP contribution >= 0.6 is 0 Å². The first-order valence-electron chi connectivity index (χ1n) is 8.99. The summed E-state index contributed by atoms with van der Waals surface area (Å²) >= 11 is 0. The second kappa shape index (κ2) is 9.98. The molecule has 1 aromatic rings. The highest BCUT2D eigenvalue weighted by molar-refractivity contribution is 5.76. The number of carbonyl (C=O) groups is 1. The van der Waals surface area contributed by atoms with Crippen LogP contribution in [0.1, 0.15) is 44.9 Å². The Morgan fingerprint density at radius 1 is 1.16 bits per heavy atom. The molecule has 0 aromatic heterocycles. The SMILES string of the molecule is NCCCCCCC(=O)N1CCC(Oc2ccc([N+](=O)[O-])cc2)CC1. The van der Waals surface area contributed by atoms with E-state index in [4.69, 9.17) is 10.5 Å². The Kier molecular flexibility index (Phi) is 7.66. The minimum Gasteiger partial charge on any atom is -0.490 e. The summed E-state index contributed by atoms with van der Waals surface area (Å²) in [5.41, 5.74) is 5.51. The van der Waals surface area contributed by atoms with Crippen molar-refractivity contribution in [2.45, 2.75) is 51.0 Å². The number of carbonyl (C=O) groups excluding carboxylic acids is 1. The molecule has 1 heterocycles. The van der Waals surface area contributed by atoms with Crippen molar-refractivity contribution in [1.82, 2.24) is 4.90 Å². The highest BCUT2D eigenvalue weighted by atomic mass is 16.6. The van der Waals surface area contributed by atoms with Crippen molar-refractivity contribution in [1.29, 1.82) is 0 Å². The predicted octanol–water partition coefficient (Wildman–Crippen LogP) is 2.87. The van der Waals surface area contributed by atoms with Crippen LogP contribution in [0.25, 0.3) is 0 Å². The molecule has 0 bridgehead atoms. The van der Waals surface area contributed by atoms with E-state index in [1.54, 1.807) is 12.1 Å². The van der Waals surface area contributed by atoms with Crippen molar-refractivity contribution in [2.75, 3.05) is 19.6 Å². The fourth-order valence-corrected chi connectivity index (χ4v) is 2.99. The number of nitro groups is 1. The van der Waals surface area contributed by atoms with Crippen LogP contribution in [0.3, 0.4) is 0 Å². The smallest absolute Gasteiger partial charge is 0.269 e. The Morgan fingerprint density at radius 2 is 1.80 bits per heavy atom. The van der Waals surface area contributed by atoms with Crippen LogP contribution in [0.5, 0.6) is 5.75 Å². The Labute approximate surface area is 148 Å². The van der Waals surface area contributed by atoms with Crippen molar-refractivity contribution in [3.63, 3.8) is 0 Å². The summed E-state index contributed by atoms with van der Waals surface area (Å²) in [7, 11) is 0. The number of ether oxygens (including phenoxy) is 1. The summed E-state index contributed by atoms with van der Waals surface area (Å²) in [5, 5.41) is 10.7. The number of likely N-dealkylation sites (tertiary alicyclic amines) is 1. The molecule has 1 aromatic carbocycles. The zero-order chi connectivity index (χ0) is 18.1. The lowest BCUT2D eigenvalue weighted by molar-refractivity contribution is -0.384. The zero-order valence-corrected chi connectivity index (χ0v) is 14.6. The second-order valence-corrected chi connectivity index (χ2v) is 6.40. The quantitative estimate of drug-likeness (QED) is 0.420. The summed E-state index contributed by atoms with van der Waals surface area (Å²) < 4.78 is 5.87. The molecule has 1 aliphatic heterocycles. The van der Waals surface area contributed by atoms with Gasteiger partial charge in [0.2, 0.25) is 5.91 Å². The summed E-state index contributed by atoms with van der Waals surface area (Å²) in [6.45, 7) is 2.13. The zero-order valence-electron chi connectivity index (χ0n) is 14.6. The number of unbranched alkanes of at least 4 members (excludes halogenated alkanes) is 3. The monoisotopic (exact) mass is 349 g/mol. The molecule has 7 heteroatoms. The average Bonchev–Trinajstić information content (AvgIpc) is 2.62. The maximum atomic E-state index is 12.2. The van der Waals surface area contributed by atoms with Gasteiger partial charge in [0.15, 0.2) is 0 Å². The van der Waals surface area contributed by atoms with Crippen LogP contribution in [-0.2, 0) is 4.79 Å². The van der Waals surface area contributed by atoms with Crippen LogP contribution in [0, 0.1) is 10.1 Å². The summed E-state index contributed by atoms with van der Waals surface area (Å²) in [6, 6.07) is 6.13. The number of rotatable bonds is 9. The molecule has 0 unspecified atom stereocenters. The van der Waals surface area contributed by atoms with Gasteiger partial charge in [-0.15, -0.1) is 0 Å². The van der Waals surface area contributed by atoms with E-state index in [1.807, 2.05) is 4.90 Å². The third-order valence-corrected chi connectivity index (χ3v) is 4.49. The minimum atomic E-state index is -0.427. The van der Waals surface area contributed by atoms with Crippen molar-refractivity contribution in [3.8, 4) is 5.75 Å². The van der Waals surface area contributed by atoms with Crippen LogP contribution in [0.15, 0.2) is 24.3 Å². The first kappa shape index (κ1) is 19.2. The maximum absolute atomic E-state index is 12.2. The van der Waals surface area contributed by atoms with Gasteiger partial charge >= 0.3 is 0 Å². The molecule has 7 nitrogen and oxygen atoms in total. The topological polar surface area (TPSA) is 98.7 Å². The van der Waals surface area contributed by atoms with E-state index in [0.717, 1.165) is 45.1 Å².